The zero-order valence-corrected chi connectivity index (χ0v) is 22.2. The first-order valence-corrected chi connectivity index (χ1v) is 13.5. The first-order valence-electron chi connectivity index (χ1n) is 13.5. The third kappa shape index (κ3) is 5.40. The Hall–Kier alpha value is -3.93. The van der Waals surface area contributed by atoms with E-state index in [1.54, 1.807) is 23.0 Å². The van der Waals surface area contributed by atoms with Crippen molar-refractivity contribution >= 4 is 28.6 Å². The van der Waals surface area contributed by atoms with E-state index in [0.29, 0.717) is 49.3 Å². The van der Waals surface area contributed by atoms with E-state index in [4.69, 9.17) is 4.74 Å². The van der Waals surface area contributed by atoms with Crippen molar-refractivity contribution in [2.45, 2.75) is 19.5 Å². The molecule has 0 radical (unpaired) electrons. The van der Waals surface area contributed by atoms with Crippen LogP contribution in [0.3, 0.4) is 0 Å². The zero-order chi connectivity index (χ0) is 27.6. The van der Waals surface area contributed by atoms with Gasteiger partial charge in [0.25, 0.3) is 5.91 Å². The number of piperazine rings is 1. The normalized spacial score (nSPS) is 18.3. The molecule has 0 bridgehead atoms. The number of morpholine rings is 1. The molecule has 1 amide bonds. The van der Waals surface area contributed by atoms with Gasteiger partial charge in [-0.1, -0.05) is 12.1 Å². The molecule has 1 atom stereocenters. The monoisotopic (exact) mass is 547 g/mol. The summed E-state index contributed by atoms with van der Waals surface area (Å²) in [5.41, 5.74) is 2.20. The highest BCUT2D eigenvalue weighted by Crippen LogP contribution is 2.25. The van der Waals surface area contributed by atoms with Gasteiger partial charge in [-0.2, -0.15) is 4.98 Å². The number of ether oxygens (including phenoxy) is 1. The lowest BCUT2D eigenvalue weighted by atomic mass is 10.1. The molecule has 0 spiro atoms. The number of nitrogens with one attached hydrogen (secondary N) is 2. The quantitative estimate of drug-likeness (QED) is 0.381. The summed E-state index contributed by atoms with van der Waals surface area (Å²) in [5.74, 6) is -2.16. The second-order valence-electron chi connectivity index (χ2n) is 10.2. The molecule has 9 nitrogen and oxygen atoms in total. The standard InChI is InChI=1S/C29H31F2N7O2/c1-19-16-32-7-9-37(19)18-20-2-4-22(5-3-20)34-29-33-17-21-6-8-38(27(21)35-29)23-14-24(30)26(25(31)15-23)28(39)36-10-12-40-13-11-36/h2-6,8,14-15,17,19,32H,7,9-13,16,18H2,1H3,(H,33,34,35). The number of anilines is 2. The molecule has 2 aliphatic rings. The van der Waals surface area contributed by atoms with E-state index >= 15 is 8.78 Å². The molecule has 11 heteroatoms. The summed E-state index contributed by atoms with van der Waals surface area (Å²) in [5, 5.41) is 7.34. The predicted octanol–water partition coefficient (Wildman–Crippen LogP) is 3.71. The molecule has 0 aliphatic carbocycles. The molecule has 2 aliphatic heterocycles. The predicted molar refractivity (Wildman–Crippen MR) is 148 cm³/mol. The molecule has 208 valence electrons. The van der Waals surface area contributed by atoms with Gasteiger partial charge < -0.3 is 24.8 Å². The summed E-state index contributed by atoms with van der Waals surface area (Å²) >= 11 is 0. The number of nitrogens with zero attached hydrogens (tertiary/aromatic N) is 5. The van der Waals surface area contributed by atoms with Crippen molar-refractivity contribution < 1.29 is 18.3 Å². The smallest absolute Gasteiger partial charge is 0.259 e. The van der Waals surface area contributed by atoms with E-state index in [1.165, 1.54) is 10.5 Å². The maximum absolute atomic E-state index is 15.1. The minimum Gasteiger partial charge on any atom is -0.378 e. The fraction of sp³-hybridized carbons (Fsp3) is 0.345. The van der Waals surface area contributed by atoms with E-state index in [9.17, 15) is 4.79 Å². The number of hydrogen-bond donors (Lipinski definition) is 2. The minimum absolute atomic E-state index is 0.222. The average Bonchev–Trinajstić information content (AvgIpc) is 3.39. The number of aromatic nitrogens is 3. The molecular weight excluding hydrogens is 516 g/mol. The maximum atomic E-state index is 15.1. The third-order valence-corrected chi connectivity index (χ3v) is 7.48. The van der Waals surface area contributed by atoms with E-state index in [1.807, 2.05) is 12.1 Å². The van der Waals surface area contributed by atoms with Crippen LogP contribution in [0.5, 0.6) is 0 Å². The van der Waals surface area contributed by atoms with Crippen molar-refractivity contribution in [3.05, 3.63) is 77.6 Å². The Balaban J connectivity index is 1.21. The summed E-state index contributed by atoms with van der Waals surface area (Å²) in [6.45, 7) is 7.43. The van der Waals surface area contributed by atoms with Gasteiger partial charge in [0.1, 0.15) is 22.8 Å². The molecule has 0 saturated carbocycles. The molecule has 1 unspecified atom stereocenters. The van der Waals surface area contributed by atoms with Crippen LogP contribution >= 0.6 is 0 Å². The van der Waals surface area contributed by atoms with Crippen molar-refractivity contribution in [1.29, 1.82) is 0 Å². The molecule has 2 N–H and O–H groups in total. The lowest BCUT2D eigenvalue weighted by Gasteiger charge is -2.33. The molecule has 2 aromatic carbocycles. The van der Waals surface area contributed by atoms with Crippen LogP contribution in [0.4, 0.5) is 20.4 Å². The highest BCUT2D eigenvalue weighted by atomic mass is 19.1. The van der Waals surface area contributed by atoms with Crippen LogP contribution in [0.1, 0.15) is 22.8 Å². The Kier molecular flexibility index (Phi) is 7.42. The summed E-state index contributed by atoms with van der Waals surface area (Å²) in [7, 11) is 0. The minimum atomic E-state index is -0.920. The highest BCUT2D eigenvalue weighted by molar-refractivity contribution is 5.95. The fourth-order valence-electron chi connectivity index (χ4n) is 5.19. The SMILES string of the molecule is CC1CNCCN1Cc1ccc(Nc2ncc3ccn(-c4cc(F)c(C(=O)N5CCOCC5)c(F)c4)c3n2)cc1. The molecule has 4 heterocycles. The molecule has 40 heavy (non-hydrogen) atoms. The lowest BCUT2D eigenvalue weighted by Crippen LogP contribution is -2.49. The van der Waals surface area contributed by atoms with Gasteiger partial charge in [-0.05, 0) is 42.8 Å². The second kappa shape index (κ2) is 11.3. The van der Waals surface area contributed by atoms with E-state index < -0.39 is 23.1 Å². The number of amides is 1. The number of hydrogen-bond acceptors (Lipinski definition) is 7. The van der Waals surface area contributed by atoms with Crippen molar-refractivity contribution in [2.75, 3.05) is 51.3 Å². The third-order valence-electron chi connectivity index (χ3n) is 7.48. The Morgan fingerprint density at radius 2 is 1.85 bits per heavy atom. The van der Waals surface area contributed by atoms with E-state index in [0.717, 1.165) is 44.0 Å². The highest BCUT2D eigenvalue weighted by Gasteiger charge is 2.26. The molecule has 2 saturated heterocycles. The zero-order valence-electron chi connectivity index (χ0n) is 22.2. The summed E-state index contributed by atoms with van der Waals surface area (Å²) in [6, 6.07) is 12.7. The number of fused-ring (bicyclic) bond motifs is 1. The van der Waals surface area contributed by atoms with Crippen LogP contribution in [-0.4, -0.2) is 82.2 Å². The number of benzene rings is 2. The van der Waals surface area contributed by atoms with Crippen LogP contribution in [0.2, 0.25) is 0 Å². The van der Waals surface area contributed by atoms with Crippen molar-refractivity contribution in [3.8, 4) is 5.69 Å². The van der Waals surface area contributed by atoms with E-state index in [-0.39, 0.29) is 5.69 Å². The number of carbonyl (C=O) groups is 1. The van der Waals surface area contributed by atoms with Gasteiger partial charge >= 0.3 is 0 Å². The number of rotatable bonds is 6. The molecular formula is C29H31F2N7O2. The maximum Gasteiger partial charge on any atom is 0.259 e. The topological polar surface area (TPSA) is 87.5 Å². The largest absolute Gasteiger partial charge is 0.378 e. The van der Waals surface area contributed by atoms with Gasteiger partial charge in [-0.3, -0.25) is 9.69 Å². The number of halogens is 2. The average molecular weight is 548 g/mol. The van der Waals surface area contributed by atoms with Crippen LogP contribution in [0, 0.1) is 11.6 Å². The van der Waals surface area contributed by atoms with Crippen molar-refractivity contribution in [2.24, 2.45) is 0 Å². The number of carbonyl (C=O) groups excluding carboxylic acids is 1. The molecule has 2 aromatic heterocycles. The van der Waals surface area contributed by atoms with Crippen molar-refractivity contribution in [3.63, 3.8) is 0 Å². The Morgan fingerprint density at radius 3 is 2.58 bits per heavy atom. The van der Waals surface area contributed by atoms with Crippen LogP contribution in [0.15, 0.2) is 54.9 Å². The van der Waals surface area contributed by atoms with Gasteiger partial charge in [-0.25, -0.2) is 13.8 Å². The molecule has 4 aromatic rings. The van der Waals surface area contributed by atoms with Gasteiger partial charge in [0.15, 0.2) is 0 Å². The summed E-state index contributed by atoms with van der Waals surface area (Å²) < 4.78 is 37.0. The van der Waals surface area contributed by atoms with Gasteiger partial charge in [0, 0.05) is 68.8 Å². The van der Waals surface area contributed by atoms with E-state index in [2.05, 4.69) is 44.6 Å². The van der Waals surface area contributed by atoms with Crippen LogP contribution in [0.25, 0.3) is 16.7 Å². The van der Waals surface area contributed by atoms with Gasteiger partial charge in [0.2, 0.25) is 5.95 Å². The first-order chi connectivity index (χ1) is 19.5. The fourth-order valence-corrected chi connectivity index (χ4v) is 5.19. The second-order valence-corrected chi connectivity index (χ2v) is 10.2. The van der Waals surface area contributed by atoms with Gasteiger partial charge in [0.05, 0.1) is 18.9 Å². The first kappa shape index (κ1) is 26.3. The Morgan fingerprint density at radius 1 is 1.10 bits per heavy atom. The van der Waals surface area contributed by atoms with Crippen molar-refractivity contribution in [1.82, 2.24) is 29.7 Å². The summed E-state index contributed by atoms with van der Waals surface area (Å²) in [6.07, 6.45) is 3.33. The Bertz CT molecular complexity index is 1500. The van der Waals surface area contributed by atoms with Crippen LogP contribution in [-0.2, 0) is 11.3 Å². The summed E-state index contributed by atoms with van der Waals surface area (Å²) in [4.78, 5) is 25.6. The van der Waals surface area contributed by atoms with Gasteiger partial charge in [-0.15, -0.1) is 0 Å². The molecule has 6 rings (SSSR count). The molecule has 2 fully saturated rings. The Labute approximate surface area is 230 Å². The van der Waals surface area contributed by atoms with Crippen LogP contribution < -0.4 is 10.6 Å². The lowest BCUT2D eigenvalue weighted by molar-refractivity contribution is 0.0296.